The molecule has 3 aromatic rings. The standard InChI is InChI=1S/C18H17Cl2N3OS/c19-14-5-4-12(9-15(14)20)10-23-7-2-1-3-16(23)18-22-21-17(24-18)13-6-8-25-11-13/h4-6,8-9,11,16H,1-3,7,10H2/t16-/m1/s1. The van der Waals surface area contributed by atoms with Crippen molar-refractivity contribution in [3.8, 4) is 11.5 Å². The number of hydrogen-bond acceptors (Lipinski definition) is 5. The molecule has 1 atom stereocenters. The van der Waals surface area contributed by atoms with E-state index < -0.39 is 0 Å². The Morgan fingerprint density at radius 3 is 2.88 bits per heavy atom. The first-order valence-electron chi connectivity index (χ1n) is 8.24. The minimum Gasteiger partial charge on any atom is -0.419 e. The van der Waals surface area contributed by atoms with E-state index in [9.17, 15) is 0 Å². The maximum Gasteiger partial charge on any atom is 0.248 e. The summed E-state index contributed by atoms with van der Waals surface area (Å²) in [5.41, 5.74) is 2.12. The average molecular weight is 394 g/mol. The molecule has 2 aromatic heterocycles. The average Bonchev–Trinajstić information content (AvgIpc) is 3.30. The van der Waals surface area contributed by atoms with Crippen molar-refractivity contribution in [1.29, 1.82) is 0 Å². The van der Waals surface area contributed by atoms with Crippen molar-refractivity contribution in [3.63, 3.8) is 0 Å². The molecule has 0 unspecified atom stereocenters. The van der Waals surface area contributed by atoms with Gasteiger partial charge in [0.2, 0.25) is 11.8 Å². The van der Waals surface area contributed by atoms with Crippen LogP contribution in [0, 0.1) is 0 Å². The van der Waals surface area contributed by atoms with Gasteiger partial charge in [0.1, 0.15) is 0 Å². The number of piperidine rings is 1. The predicted octanol–water partition coefficient (Wildman–Crippen LogP) is 5.83. The molecule has 0 amide bonds. The first kappa shape index (κ1) is 17.0. The predicted molar refractivity (Wildman–Crippen MR) is 101 cm³/mol. The maximum atomic E-state index is 6.15. The highest BCUT2D eigenvalue weighted by atomic mass is 35.5. The topological polar surface area (TPSA) is 42.2 Å². The minimum absolute atomic E-state index is 0.142. The van der Waals surface area contributed by atoms with Crippen LogP contribution in [0.3, 0.4) is 0 Å². The van der Waals surface area contributed by atoms with Crippen molar-refractivity contribution >= 4 is 34.5 Å². The number of nitrogens with zero attached hydrogens (tertiary/aromatic N) is 3. The number of benzene rings is 1. The van der Waals surface area contributed by atoms with Gasteiger partial charge >= 0.3 is 0 Å². The third kappa shape index (κ3) is 3.75. The van der Waals surface area contributed by atoms with Crippen molar-refractivity contribution < 1.29 is 4.42 Å². The Labute approximate surface area is 160 Å². The molecule has 130 valence electrons. The van der Waals surface area contributed by atoms with E-state index in [1.807, 2.05) is 35.0 Å². The lowest BCUT2D eigenvalue weighted by Gasteiger charge is -2.33. The molecule has 0 spiro atoms. The molecule has 0 radical (unpaired) electrons. The molecule has 0 bridgehead atoms. The molecule has 1 aliphatic rings. The van der Waals surface area contributed by atoms with E-state index in [4.69, 9.17) is 27.6 Å². The van der Waals surface area contributed by atoms with Gasteiger partial charge in [0.05, 0.1) is 16.1 Å². The van der Waals surface area contributed by atoms with Gasteiger partial charge in [0.25, 0.3) is 0 Å². The Morgan fingerprint density at radius 1 is 1.16 bits per heavy atom. The van der Waals surface area contributed by atoms with Gasteiger partial charge in [-0.05, 0) is 48.5 Å². The van der Waals surface area contributed by atoms with E-state index >= 15 is 0 Å². The SMILES string of the molecule is Clc1ccc(CN2CCCC[C@@H]2c2nnc(-c3ccsc3)o2)cc1Cl. The van der Waals surface area contributed by atoms with Crippen molar-refractivity contribution in [1.82, 2.24) is 15.1 Å². The molecular weight excluding hydrogens is 377 g/mol. The zero-order valence-electron chi connectivity index (χ0n) is 13.5. The summed E-state index contributed by atoms with van der Waals surface area (Å²) >= 11 is 13.8. The lowest BCUT2D eigenvalue weighted by atomic mass is 10.0. The summed E-state index contributed by atoms with van der Waals surface area (Å²) < 4.78 is 5.97. The summed E-state index contributed by atoms with van der Waals surface area (Å²) in [7, 11) is 0. The zero-order chi connectivity index (χ0) is 17.2. The molecule has 3 heterocycles. The van der Waals surface area contributed by atoms with Gasteiger partial charge in [0.15, 0.2) is 0 Å². The van der Waals surface area contributed by atoms with Crippen LogP contribution >= 0.6 is 34.5 Å². The first-order chi connectivity index (χ1) is 12.2. The van der Waals surface area contributed by atoms with E-state index in [2.05, 4.69) is 15.1 Å². The highest BCUT2D eigenvalue weighted by Gasteiger charge is 2.29. The Kier molecular flexibility index (Phi) is 5.08. The van der Waals surface area contributed by atoms with Crippen LogP contribution in [-0.2, 0) is 6.54 Å². The number of rotatable bonds is 4. The highest BCUT2D eigenvalue weighted by molar-refractivity contribution is 7.08. The van der Waals surface area contributed by atoms with E-state index in [1.54, 1.807) is 11.3 Å². The van der Waals surface area contributed by atoms with Gasteiger partial charge in [0, 0.05) is 17.5 Å². The Bertz CT molecular complexity index is 850. The quantitative estimate of drug-likeness (QED) is 0.558. The monoisotopic (exact) mass is 393 g/mol. The van der Waals surface area contributed by atoms with E-state index in [0.29, 0.717) is 21.8 Å². The molecule has 0 aliphatic carbocycles. The molecule has 1 saturated heterocycles. The van der Waals surface area contributed by atoms with Crippen LogP contribution in [0.15, 0.2) is 39.4 Å². The smallest absolute Gasteiger partial charge is 0.248 e. The van der Waals surface area contributed by atoms with Crippen molar-refractivity contribution in [2.24, 2.45) is 0 Å². The summed E-state index contributed by atoms with van der Waals surface area (Å²) in [6.45, 7) is 1.79. The second-order valence-electron chi connectivity index (χ2n) is 6.19. The number of thiophene rings is 1. The fourth-order valence-corrected chi connectivity index (χ4v) is 4.15. The summed E-state index contributed by atoms with van der Waals surface area (Å²) in [5.74, 6) is 1.29. The van der Waals surface area contributed by atoms with Crippen molar-refractivity contribution in [2.75, 3.05) is 6.54 Å². The molecule has 4 nitrogen and oxygen atoms in total. The van der Waals surface area contributed by atoms with Crippen LogP contribution < -0.4 is 0 Å². The lowest BCUT2D eigenvalue weighted by molar-refractivity contribution is 0.118. The molecule has 25 heavy (non-hydrogen) atoms. The summed E-state index contributed by atoms with van der Waals surface area (Å²) in [6.07, 6.45) is 3.36. The Morgan fingerprint density at radius 2 is 2.08 bits per heavy atom. The molecule has 7 heteroatoms. The second-order valence-corrected chi connectivity index (χ2v) is 7.78. The van der Waals surface area contributed by atoms with Crippen molar-refractivity contribution in [2.45, 2.75) is 31.8 Å². The minimum atomic E-state index is 0.142. The van der Waals surface area contributed by atoms with Crippen LogP contribution in [0.1, 0.15) is 36.8 Å². The normalized spacial score (nSPS) is 18.6. The molecule has 1 aromatic carbocycles. The van der Waals surface area contributed by atoms with Crippen LogP contribution in [0.2, 0.25) is 10.0 Å². The number of likely N-dealkylation sites (tertiary alicyclic amines) is 1. The number of aromatic nitrogens is 2. The van der Waals surface area contributed by atoms with Crippen LogP contribution in [-0.4, -0.2) is 21.6 Å². The van der Waals surface area contributed by atoms with E-state index in [0.717, 1.165) is 30.6 Å². The van der Waals surface area contributed by atoms with Crippen LogP contribution in [0.25, 0.3) is 11.5 Å². The van der Waals surface area contributed by atoms with Gasteiger partial charge in [-0.3, -0.25) is 4.90 Å². The summed E-state index contributed by atoms with van der Waals surface area (Å²) in [5, 5.41) is 13.7. The van der Waals surface area contributed by atoms with Gasteiger partial charge in [-0.25, -0.2) is 0 Å². The lowest BCUT2D eigenvalue weighted by Crippen LogP contribution is -2.33. The number of halogens is 2. The van der Waals surface area contributed by atoms with E-state index in [1.165, 1.54) is 12.8 Å². The van der Waals surface area contributed by atoms with Crippen molar-refractivity contribution in [3.05, 3.63) is 56.5 Å². The first-order valence-corrected chi connectivity index (χ1v) is 9.94. The molecule has 1 fully saturated rings. The summed E-state index contributed by atoms with van der Waals surface area (Å²) in [4.78, 5) is 2.38. The molecule has 0 saturated carbocycles. The largest absolute Gasteiger partial charge is 0.419 e. The van der Waals surface area contributed by atoms with Gasteiger partial charge in [-0.1, -0.05) is 35.7 Å². The second kappa shape index (κ2) is 7.46. The molecular formula is C18H17Cl2N3OS. The molecule has 0 N–H and O–H groups in total. The number of hydrogen-bond donors (Lipinski definition) is 0. The van der Waals surface area contributed by atoms with Gasteiger partial charge < -0.3 is 4.42 Å². The fraction of sp³-hybridized carbons (Fsp3) is 0.333. The Hall–Kier alpha value is -1.40. The van der Waals surface area contributed by atoms with E-state index in [-0.39, 0.29) is 6.04 Å². The van der Waals surface area contributed by atoms with Crippen LogP contribution in [0.5, 0.6) is 0 Å². The highest BCUT2D eigenvalue weighted by Crippen LogP contribution is 2.34. The fourth-order valence-electron chi connectivity index (χ4n) is 3.20. The third-order valence-corrected chi connectivity index (χ3v) is 5.90. The van der Waals surface area contributed by atoms with Gasteiger partial charge in [-0.2, -0.15) is 11.3 Å². The van der Waals surface area contributed by atoms with Crippen LogP contribution in [0.4, 0.5) is 0 Å². The molecule has 4 rings (SSSR count). The zero-order valence-corrected chi connectivity index (χ0v) is 15.8. The third-order valence-electron chi connectivity index (χ3n) is 4.48. The molecule has 1 aliphatic heterocycles. The maximum absolute atomic E-state index is 6.15. The summed E-state index contributed by atoms with van der Waals surface area (Å²) in [6, 6.07) is 7.93. The van der Waals surface area contributed by atoms with Gasteiger partial charge in [-0.15, -0.1) is 10.2 Å². The Balaban J connectivity index is 1.55.